The van der Waals surface area contributed by atoms with Gasteiger partial charge in [0, 0.05) is 51.6 Å². The second-order valence-corrected chi connectivity index (χ2v) is 26.2. The van der Waals surface area contributed by atoms with Gasteiger partial charge in [0.1, 0.15) is 0 Å². The molecule has 7 aliphatic rings. The second kappa shape index (κ2) is 17.4. The zero-order chi connectivity index (χ0) is 45.9. The summed E-state index contributed by atoms with van der Waals surface area (Å²) in [4.78, 5) is 15.4. The first-order valence-corrected chi connectivity index (χ1v) is 29.1. The van der Waals surface area contributed by atoms with E-state index in [9.17, 15) is 0 Å². The molecule has 0 fully saturated rings. The predicted molar refractivity (Wildman–Crippen MR) is 291 cm³/mol. The van der Waals surface area contributed by atoms with Crippen molar-refractivity contribution in [3.05, 3.63) is 252 Å². The van der Waals surface area contributed by atoms with Crippen LogP contribution in [0.25, 0.3) is 22.0 Å². The van der Waals surface area contributed by atoms with Crippen molar-refractivity contribution in [2.24, 2.45) is 23.7 Å². The van der Waals surface area contributed by atoms with Crippen molar-refractivity contribution in [3.8, 4) is 11.3 Å². The van der Waals surface area contributed by atoms with Crippen LogP contribution in [-0.4, -0.2) is 29.5 Å². The van der Waals surface area contributed by atoms with Gasteiger partial charge in [-0.25, -0.2) is 0 Å². The quantitative estimate of drug-likeness (QED) is 0.103. The highest BCUT2D eigenvalue weighted by atomic mass is 32.2. The van der Waals surface area contributed by atoms with E-state index in [1.54, 1.807) is 0 Å². The summed E-state index contributed by atoms with van der Waals surface area (Å²) in [6, 6.07) is 33.5. The molecule has 6 unspecified atom stereocenters. The third-order valence-corrected chi connectivity index (χ3v) is 18.1. The average molecular weight is 917 g/mol. The maximum atomic E-state index is 5.30. The number of pyridine rings is 2. The number of hydrogen-bond acceptors (Lipinski definition) is 5. The van der Waals surface area contributed by atoms with E-state index in [4.69, 9.17) is 9.97 Å². The lowest BCUT2D eigenvalue weighted by Crippen LogP contribution is -2.37. The zero-order valence-electron chi connectivity index (χ0n) is 39.2. The number of rotatable bonds is 10. The molecule has 7 aliphatic carbocycles. The third-order valence-electron chi connectivity index (χ3n) is 15.1. The van der Waals surface area contributed by atoms with Crippen LogP contribution in [-0.2, 0) is 0 Å². The molecule has 6 heteroatoms. The Morgan fingerprint density at radius 1 is 0.632 bits per heavy atom. The van der Waals surface area contributed by atoms with Gasteiger partial charge in [-0.2, -0.15) is 11.8 Å². The largest absolute Gasteiger partial charge is 0.309 e. The molecule has 6 atom stereocenters. The summed E-state index contributed by atoms with van der Waals surface area (Å²) in [5.74, 6) is 1.51. The standard InChI is InChI=1S/C62H56N4SSi/c1-67-49-29-23-45(24-30-49)65(47-27-35-57(63-39-47)53-17-9-13-41-11-5-7-15-51(41)53)59-37-21-43-20-34-56-60(38-22-44-19-33-55(59)61(43)62(44)56)66(46-25-31-50(32-26-46)68(2,3)4)48-28-36-58(64-40-48)54-18-10-14-42-12-6-8-16-52(42)54/h5-17,19-29,31-40,42,49,52,54,61-62H,18,30H2,1-4H3. The molecule has 0 saturated carbocycles. The van der Waals surface area contributed by atoms with Crippen LogP contribution in [0.3, 0.4) is 0 Å². The number of hydrogen-bond donors (Lipinski definition) is 0. The average Bonchev–Trinajstić information content (AvgIpc) is 3.39. The summed E-state index contributed by atoms with van der Waals surface area (Å²) in [6.07, 6.45) is 48.3. The van der Waals surface area contributed by atoms with Crippen LogP contribution in [0.15, 0.2) is 246 Å². The first kappa shape index (κ1) is 42.6. The molecule has 68 heavy (non-hydrogen) atoms. The maximum absolute atomic E-state index is 5.30. The lowest BCUT2D eigenvalue weighted by atomic mass is 9.63. The van der Waals surface area contributed by atoms with Crippen molar-refractivity contribution in [1.82, 2.24) is 9.97 Å². The van der Waals surface area contributed by atoms with Crippen molar-refractivity contribution in [2.75, 3.05) is 16.1 Å². The van der Waals surface area contributed by atoms with Gasteiger partial charge in [-0.1, -0.05) is 164 Å². The van der Waals surface area contributed by atoms with Crippen LogP contribution in [0.4, 0.5) is 17.1 Å². The Bertz CT molecular complexity index is 3210. The van der Waals surface area contributed by atoms with E-state index in [1.165, 1.54) is 55.3 Å². The molecule has 2 aromatic heterocycles. The molecular weight excluding hydrogens is 861 g/mol. The molecular formula is C62H56N4SSi. The van der Waals surface area contributed by atoms with Crippen LogP contribution >= 0.6 is 11.8 Å². The third kappa shape index (κ3) is 7.55. The van der Waals surface area contributed by atoms with E-state index in [-0.39, 0.29) is 11.8 Å². The van der Waals surface area contributed by atoms with Gasteiger partial charge in [-0.15, -0.1) is 0 Å². The molecule has 334 valence electrons. The summed E-state index contributed by atoms with van der Waals surface area (Å²) in [6.45, 7) is 7.27. The van der Waals surface area contributed by atoms with E-state index in [2.05, 4.69) is 242 Å². The Hall–Kier alpha value is -6.73. The molecule has 0 spiro atoms. The highest BCUT2D eigenvalue weighted by Crippen LogP contribution is 2.54. The Balaban J connectivity index is 0.931. The van der Waals surface area contributed by atoms with Gasteiger partial charge >= 0.3 is 0 Å². The van der Waals surface area contributed by atoms with E-state index < -0.39 is 8.07 Å². The van der Waals surface area contributed by atoms with Crippen LogP contribution < -0.4 is 15.0 Å². The lowest BCUT2D eigenvalue weighted by molar-refractivity contribution is 0.418. The molecule has 12 rings (SSSR count). The van der Waals surface area contributed by atoms with Crippen LogP contribution in [0, 0.1) is 23.7 Å². The SMILES string of the molecule is CSC1C=CC(N(C2=CC=C3C=CC4=C(N(c5ccc([Si](C)(C)C)cc5)c5ccc(C6CC=CC7C=CC=CC76)nc5)C=CC5=CC=C2C3C54)c2ccc(-c3cccc4ccccc34)nc2)=CC1. The Morgan fingerprint density at radius 2 is 1.40 bits per heavy atom. The fourth-order valence-corrected chi connectivity index (χ4v) is 13.2. The van der Waals surface area contributed by atoms with Crippen molar-refractivity contribution in [3.63, 3.8) is 0 Å². The molecule has 5 aromatic rings. The zero-order valence-corrected chi connectivity index (χ0v) is 41.0. The van der Waals surface area contributed by atoms with Gasteiger partial charge in [0.15, 0.2) is 0 Å². The van der Waals surface area contributed by atoms with E-state index in [0.29, 0.717) is 23.0 Å². The fraction of sp³-hybridized carbons (Fsp3) is 0.194. The first-order chi connectivity index (χ1) is 33.3. The minimum absolute atomic E-state index is 0.147. The van der Waals surface area contributed by atoms with Gasteiger partial charge in [0.2, 0.25) is 0 Å². The number of allylic oxidation sites excluding steroid dienone is 20. The molecule has 2 heterocycles. The number of nitrogens with zero attached hydrogens (tertiary/aromatic N) is 4. The van der Waals surface area contributed by atoms with Crippen molar-refractivity contribution in [1.29, 1.82) is 0 Å². The number of anilines is 3. The number of thioether (sulfide) groups is 1. The molecule has 0 bridgehead atoms. The van der Waals surface area contributed by atoms with E-state index in [0.717, 1.165) is 46.9 Å². The number of benzene rings is 3. The van der Waals surface area contributed by atoms with Gasteiger partial charge in [0.05, 0.1) is 48.9 Å². The van der Waals surface area contributed by atoms with Crippen LogP contribution in [0.1, 0.15) is 24.5 Å². The Morgan fingerprint density at radius 3 is 2.19 bits per heavy atom. The van der Waals surface area contributed by atoms with Gasteiger partial charge in [-0.3, -0.25) is 9.97 Å². The fourth-order valence-electron chi connectivity index (χ4n) is 11.5. The van der Waals surface area contributed by atoms with Crippen molar-refractivity contribution >= 4 is 52.9 Å². The summed E-state index contributed by atoms with van der Waals surface area (Å²) in [5, 5.41) is 4.36. The molecule has 0 amide bonds. The molecule has 0 N–H and O–H groups in total. The second-order valence-electron chi connectivity index (χ2n) is 20.0. The van der Waals surface area contributed by atoms with Crippen LogP contribution in [0.5, 0.6) is 0 Å². The monoisotopic (exact) mass is 916 g/mol. The van der Waals surface area contributed by atoms with Crippen LogP contribution in [0.2, 0.25) is 19.6 Å². The molecule has 0 radical (unpaired) electrons. The van der Waals surface area contributed by atoms with Gasteiger partial charge < -0.3 is 9.80 Å². The number of aromatic nitrogens is 2. The summed E-state index contributed by atoms with van der Waals surface area (Å²) in [7, 11) is -1.52. The lowest BCUT2D eigenvalue weighted by Gasteiger charge is -2.45. The minimum atomic E-state index is -1.52. The van der Waals surface area contributed by atoms with Crippen molar-refractivity contribution < 1.29 is 0 Å². The molecule has 4 nitrogen and oxygen atoms in total. The predicted octanol–water partition coefficient (Wildman–Crippen LogP) is 14.8. The van der Waals surface area contributed by atoms with Crippen molar-refractivity contribution in [2.45, 2.75) is 43.7 Å². The topological polar surface area (TPSA) is 32.3 Å². The smallest absolute Gasteiger partial charge is 0.0775 e. The Kier molecular flexibility index (Phi) is 10.9. The molecule has 3 aromatic carbocycles. The highest BCUT2D eigenvalue weighted by molar-refractivity contribution is 7.99. The molecule has 0 saturated heterocycles. The summed E-state index contributed by atoms with van der Waals surface area (Å²) < 4.78 is 0. The number of fused-ring (bicyclic) bond motifs is 2. The highest BCUT2D eigenvalue weighted by Gasteiger charge is 2.43. The molecule has 0 aliphatic heterocycles. The summed E-state index contributed by atoms with van der Waals surface area (Å²) in [5.41, 5.74) is 15.5. The Labute approximate surface area is 407 Å². The van der Waals surface area contributed by atoms with Gasteiger partial charge in [-0.05, 0) is 113 Å². The maximum Gasteiger partial charge on any atom is 0.0775 e. The minimum Gasteiger partial charge on any atom is -0.309 e. The first-order valence-electron chi connectivity index (χ1n) is 24.3. The summed E-state index contributed by atoms with van der Waals surface area (Å²) >= 11 is 1.90. The van der Waals surface area contributed by atoms with E-state index in [1.807, 2.05) is 11.8 Å². The normalized spacial score (nSPS) is 24.1. The van der Waals surface area contributed by atoms with Gasteiger partial charge in [0.25, 0.3) is 0 Å². The van der Waals surface area contributed by atoms with E-state index >= 15 is 0 Å².